The summed E-state index contributed by atoms with van der Waals surface area (Å²) in [7, 11) is 0. The number of hydrogen-bond donors (Lipinski definition) is 4. The second kappa shape index (κ2) is 6.74. The first-order valence-electron chi connectivity index (χ1n) is 7.12. The van der Waals surface area contributed by atoms with Crippen LogP contribution in [-0.2, 0) is 4.79 Å². The summed E-state index contributed by atoms with van der Waals surface area (Å²) in [6.07, 6.45) is 0. The molecule has 0 heterocycles. The molecule has 0 fully saturated rings. The summed E-state index contributed by atoms with van der Waals surface area (Å²) in [5.41, 5.74) is 25.3. The average Bonchev–Trinajstić information content (AvgIpc) is 2.54. The third-order valence-corrected chi connectivity index (χ3v) is 3.41. The van der Waals surface area contributed by atoms with E-state index in [-0.39, 0.29) is 11.4 Å². The van der Waals surface area contributed by atoms with Crippen LogP contribution in [0, 0.1) is 0 Å². The van der Waals surface area contributed by atoms with Gasteiger partial charge in [-0.2, -0.15) is 0 Å². The maximum Gasteiger partial charge on any atom is 0.266 e. The Labute approximate surface area is 134 Å². The van der Waals surface area contributed by atoms with Gasteiger partial charge in [-0.15, -0.1) is 0 Å². The van der Waals surface area contributed by atoms with Crippen molar-refractivity contribution in [1.29, 1.82) is 0 Å². The van der Waals surface area contributed by atoms with E-state index >= 15 is 0 Å². The summed E-state index contributed by atoms with van der Waals surface area (Å²) in [5.74, 6) is -0.0411. The van der Waals surface area contributed by atoms with Crippen molar-refractivity contribution < 1.29 is 9.53 Å². The van der Waals surface area contributed by atoms with E-state index in [1.165, 1.54) is 0 Å². The zero-order valence-electron chi connectivity index (χ0n) is 12.9. The Balaban J connectivity index is 2.55. The SMILES string of the molecule is CCOc1cccc(-c2cccc(/C(N)=C(\N)C(N)=O)c2N)c1. The van der Waals surface area contributed by atoms with Gasteiger partial charge in [-0.1, -0.05) is 30.3 Å². The average molecular weight is 312 g/mol. The Kier molecular flexibility index (Phi) is 4.75. The van der Waals surface area contributed by atoms with Gasteiger partial charge in [0.25, 0.3) is 5.91 Å². The maximum absolute atomic E-state index is 11.2. The molecule has 0 saturated heterocycles. The number of anilines is 1. The van der Waals surface area contributed by atoms with Gasteiger partial charge in [-0.25, -0.2) is 0 Å². The van der Waals surface area contributed by atoms with E-state index in [0.717, 1.165) is 16.9 Å². The Hall–Kier alpha value is -3.15. The van der Waals surface area contributed by atoms with Gasteiger partial charge in [0.2, 0.25) is 0 Å². The zero-order valence-corrected chi connectivity index (χ0v) is 12.9. The van der Waals surface area contributed by atoms with Gasteiger partial charge in [0.1, 0.15) is 11.4 Å². The highest BCUT2D eigenvalue weighted by Gasteiger charge is 2.14. The van der Waals surface area contributed by atoms with Gasteiger partial charge >= 0.3 is 0 Å². The maximum atomic E-state index is 11.2. The predicted octanol–water partition coefficient (Wildman–Crippen LogP) is 1.41. The van der Waals surface area contributed by atoms with Crippen LogP contribution in [0.3, 0.4) is 0 Å². The number of hydrogen-bond acceptors (Lipinski definition) is 5. The van der Waals surface area contributed by atoms with Crippen molar-refractivity contribution in [3.63, 3.8) is 0 Å². The Morgan fingerprint density at radius 2 is 1.78 bits per heavy atom. The molecule has 2 rings (SSSR count). The van der Waals surface area contributed by atoms with Crippen molar-refractivity contribution in [2.24, 2.45) is 17.2 Å². The molecule has 0 aromatic heterocycles. The molecule has 0 spiro atoms. The van der Waals surface area contributed by atoms with Gasteiger partial charge in [0.05, 0.1) is 12.3 Å². The number of rotatable bonds is 5. The van der Waals surface area contributed by atoms with E-state index in [2.05, 4.69) is 0 Å². The first-order chi connectivity index (χ1) is 11.0. The minimum absolute atomic E-state index is 0.0674. The van der Waals surface area contributed by atoms with Crippen LogP contribution in [0.4, 0.5) is 5.69 Å². The molecular formula is C17H20N4O2. The third kappa shape index (κ3) is 3.37. The lowest BCUT2D eigenvalue weighted by Gasteiger charge is -2.13. The largest absolute Gasteiger partial charge is 0.494 e. The lowest BCUT2D eigenvalue weighted by atomic mass is 9.98. The number of ether oxygens (including phenoxy) is 1. The van der Waals surface area contributed by atoms with Gasteiger partial charge in [-0.05, 0) is 24.6 Å². The number of nitrogens with two attached hydrogens (primary N) is 4. The second-order valence-corrected chi connectivity index (χ2v) is 4.92. The molecule has 0 bridgehead atoms. The number of benzene rings is 2. The second-order valence-electron chi connectivity index (χ2n) is 4.92. The van der Waals surface area contributed by atoms with Crippen LogP contribution in [-0.4, -0.2) is 12.5 Å². The van der Waals surface area contributed by atoms with Crippen molar-refractivity contribution in [2.75, 3.05) is 12.3 Å². The molecule has 0 saturated carbocycles. The highest BCUT2D eigenvalue weighted by Crippen LogP contribution is 2.33. The van der Waals surface area contributed by atoms with Crippen LogP contribution < -0.4 is 27.7 Å². The van der Waals surface area contributed by atoms with Crippen LogP contribution in [0.15, 0.2) is 48.2 Å². The monoisotopic (exact) mass is 312 g/mol. The molecule has 0 aliphatic heterocycles. The Morgan fingerprint density at radius 1 is 1.09 bits per heavy atom. The molecule has 120 valence electrons. The fourth-order valence-electron chi connectivity index (χ4n) is 2.25. The molecule has 0 aliphatic carbocycles. The number of para-hydroxylation sites is 1. The first kappa shape index (κ1) is 16.2. The number of amides is 1. The molecule has 23 heavy (non-hydrogen) atoms. The minimum atomic E-state index is -0.786. The number of carbonyl (C=O) groups excluding carboxylic acids is 1. The van der Waals surface area contributed by atoms with Gasteiger partial charge < -0.3 is 27.7 Å². The molecule has 1 amide bonds. The molecule has 2 aromatic rings. The molecule has 6 heteroatoms. The normalized spacial score (nSPS) is 11.7. The predicted molar refractivity (Wildman–Crippen MR) is 91.9 cm³/mol. The number of carbonyl (C=O) groups is 1. The molecule has 0 atom stereocenters. The lowest BCUT2D eigenvalue weighted by Crippen LogP contribution is -2.24. The van der Waals surface area contributed by atoms with Crippen molar-refractivity contribution in [3.8, 4) is 16.9 Å². The topological polar surface area (TPSA) is 130 Å². The van der Waals surface area contributed by atoms with Crippen LogP contribution in [0.2, 0.25) is 0 Å². The number of nitrogen functional groups attached to an aromatic ring is 1. The summed E-state index contributed by atoms with van der Waals surface area (Å²) in [6.45, 7) is 2.49. The zero-order chi connectivity index (χ0) is 17.0. The van der Waals surface area contributed by atoms with E-state index < -0.39 is 5.91 Å². The molecule has 6 nitrogen and oxygen atoms in total. The van der Waals surface area contributed by atoms with Crippen LogP contribution in [0.5, 0.6) is 5.75 Å². The summed E-state index contributed by atoms with van der Waals surface area (Å²) in [5, 5.41) is 0. The number of primary amides is 1. The smallest absolute Gasteiger partial charge is 0.266 e. The van der Waals surface area contributed by atoms with Gasteiger partial charge in [-0.3, -0.25) is 4.79 Å². The standard InChI is InChI=1S/C17H20N4O2/c1-2-23-11-6-3-5-10(9-11)12-7-4-8-13(14(12)18)15(19)16(20)17(21)22/h3-9H,2,18-20H2,1H3,(H2,21,22)/b16-15+. The van der Waals surface area contributed by atoms with Crippen LogP contribution >= 0.6 is 0 Å². The van der Waals surface area contributed by atoms with E-state index in [4.69, 9.17) is 27.7 Å². The summed E-state index contributed by atoms with van der Waals surface area (Å²) in [6, 6.07) is 12.9. The fraction of sp³-hybridized carbons (Fsp3) is 0.118. The van der Waals surface area contributed by atoms with Crippen LogP contribution in [0.1, 0.15) is 12.5 Å². The van der Waals surface area contributed by atoms with E-state index in [1.54, 1.807) is 12.1 Å². The fourth-order valence-corrected chi connectivity index (χ4v) is 2.25. The van der Waals surface area contributed by atoms with Crippen molar-refractivity contribution in [1.82, 2.24) is 0 Å². The summed E-state index contributed by atoms with van der Waals surface area (Å²) in [4.78, 5) is 11.2. The molecule has 0 unspecified atom stereocenters. The highest BCUT2D eigenvalue weighted by molar-refractivity contribution is 6.00. The summed E-state index contributed by atoms with van der Waals surface area (Å²) < 4.78 is 5.50. The van der Waals surface area contributed by atoms with Crippen molar-refractivity contribution in [2.45, 2.75) is 6.92 Å². The molecule has 0 radical (unpaired) electrons. The lowest BCUT2D eigenvalue weighted by molar-refractivity contribution is -0.114. The quantitative estimate of drug-likeness (QED) is 0.490. The van der Waals surface area contributed by atoms with Gasteiger partial charge in [0, 0.05) is 16.8 Å². The Morgan fingerprint density at radius 3 is 2.43 bits per heavy atom. The highest BCUT2D eigenvalue weighted by atomic mass is 16.5. The first-order valence-corrected chi connectivity index (χ1v) is 7.12. The van der Waals surface area contributed by atoms with Crippen molar-refractivity contribution in [3.05, 3.63) is 53.7 Å². The van der Waals surface area contributed by atoms with E-state index in [9.17, 15) is 4.79 Å². The minimum Gasteiger partial charge on any atom is -0.494 e. The molecule has 8 N–H and O–H groups in total. The third-order valence-electron chi connectivity index (χ3n) is 3.41. The van der Waals surface area contributed by atoms with Crippen molar-refractivity contribution >= 4 is 17.3 Å². The molecular weight excluding hydrogens is 292 g/mol. The van der Waals surface area contributed by atoms with Gasteiger partial charge in [0.15, 0.2) is 0 Å². The van der Waals surface area contributed by atoms with E-state index in [0.29, 0.717) is 17.9 Å². The summed E-state index contributed by atoms with van der Waals surface area (Å²) >= 11 is 0. The Bertz CT molecular complexity index is 769. The van der Waals surface area contributed by atoms with E-state index in [1.807, 2.05) is 37.3 Å². The van der Waals surface area contributed by atoms with Crippen LogP contribution in [0.25, 0.3) is 16.8 Å². The molecule has 2 aromatic carbocycles. The molecule has 0 aliphatic rings.